The van der Waals surface area contributed by atoms with E-state index in [0.717, 1.165) is 26.1 Å². The molecule has 1 fully saturated rings. The zero-order valence-corrected chi connectivity index (χ0v) is 13.9. The van der Waals surface area contributed by atoms with Gasteiger partial charge in [-0.15, -0.1) is 0 Å². The van der Waals surface area contributed by atoms with E-state index in [1.54, 1.807) is 7.11 Å². The van der Waals surface area contributed by atoms with Crippen LogP contribution in [0.3, 0.4) is 0 Å². The third-order valence-electron chi connectivity index (χ3n) is 4.60. The zero-order chi connectivity index (χ0) is 14.7. The third kappa shape index (κ3) is 4.44. The van der Waals surface area contributed by atoms with Crippen molar-refractivity contribution >= 4 is 0 Å². The van der Waals surface area contributed by atoms with Crippen LogP contribution in [0.2, 0.25) is 0 Å². The molecule has 0 aromatic carbocycles. The quantitative estimate of drug-likeness (QED) is 0.754. The Bertz CT molecular complexity index is 270. The van der Waals surface area contributed by atoms with Gasteiger partial charge in [-0.1, -0.05) is 27.7 Å². The van der Waals surface area contributed by atoms with E-state index in [4.69, 9.17) is 10.5 Å². The molecule has 1 aliphatic rings. The molecule has 1 rings (SSSR count). The molecular weight excluding hydrogens is 236 g/mol. The molecule has 0 saturated heterocycles. The molecule has 0 amide bonds. The van der Waals surface area contributed by atoms with Crippen LogP contribution in [-0.2, 0) is 4.74 Å². The summed E-state index contributed by atoms with van der Waals surface area (Å²) in [6.45, 7) is 12.2. The van der Waals surface area contributed by atoms with Gasteiger partial charge in [0.2, 0.25) is 0 Å². The molecule has 19 heavy (non-hydrogen) atoms. The predicted molar refractivity (Wildman–Crippen MR) is 82.3 cm³/mol. The number of hydrogen-bond acceptors (Lipinski definition) is 3. The maximum absolute atomic E-state index is 6.21. The van der Waals surface area contributed by atoms with Crippen LogP contribution >= 0.6 is 0 Å². The van der Waals surface area contributed by atoms with Crippen molar-refractivity contribution in [2.45, 2.75) is 58.9 Å². The highest BCUT2D eigenvalue weighted by Gasteiger charge is 2.48. The van der Waals surface area contributed by atoms with Crippen molar-refractivity contribution in [2.75, 3.05) is 33.9 Å². The highest BCUT2D eigenvalue weighted by atomic mass is 16.5. The van der Waals surface area contributed by atoms with Gasteiger partial charge in [0.1, 0.15) is 0 Å². The van der Waals surface area contributed by atoms with Crippen molar-refractivity contribution in [3.63, 3.8) is 0 Å². The van der Waals surface area contributed by atoms with E-state index in [1.807, 2.05) is 0 Å². The summed E-state index contributed by atoms with van der Waals surface area (Å²) in [5.41, 5.74) is 7.11. The van der Waals surface area contributed by atoms with E-state index in [-0.39, 0.29) is 5.54 Å². The SMILES string of the molecule is COCCCN(C)C1(CN)CC(C)(C)CC(C)(C)C1. The lowest BCUT2D eigenvalue weighted by Crippen LogP contribution is -2.59. The lowest BCUT2D eigenvalue weighted by atomic mass is 9.58. The number of nitrogens with two attached hydrogens (primary N) is 1. The highest BCUT2D eigenvalue weighted by molar-refractivity contribution is 5.03. The predicted octanol–water partition coefficient (Wildman–Crippen LogP) is 2.89. The second-order valence-electron chi connectivity index (χ2n) is 8.06. The summed E-state index contributed by atoms with van der Waals surface area (Å²) in [6, 6.07) is 0. The van der Waals surface area contributed by atoms with Gasteiger partial charge in [0.05, 0.1) is 0 Å². The largest absolute Gasteiger partial charge is 0.385 e. The molecule has 2 N–H and O–H groups in total. The number of rotatable bonds is 6. The molecular formula is C16H34N2O. The van der Waals surface area contributed by atoms with E-state index < -0.39 is 0 Å². The average molecular weight is 270 g/mol. The fourth-order valence-corrected chi connectivity index (χ4v) is 4.52. The van der Waals surface area contributed by atoms with E-state index in [2.05, 4.69) is 39.6 Å². The van der Waals surface area contributed by atoms with Crippen LogP contribution in [0.25, 0.3) is 0 Å². The van der Waals surface area contributed by atoms with E-state index in [1.165, 1.54) is 19.3 Å². The number of ether oxygens (including phenoxy) is 1. The Morgan fingerprint density at radius 1 is 1.05 bits per heavy atom. The van der Waals surface area contributed by atoms with Crippen LogP contribution < -0.4 is 5.73 Å². The first-order valence-corrected chi connectivity index (χ1v) is 7.57. The van der Waals surface area contributed by atoms with Crippen molar-refractivity contribution in [3.8, 4) is 0 Å². The van der Waals surface area contributed by atoms with Crippen molar-refractivity contribution in [3.05, 3.63) is 0 Å². The fraction of sp³-hybridized carbons (Fsp3) is 1.00. The Kier molecular flexibility index (Phi) is 5.44. The topological polar surface area (TPSA) is 38.5 Å². The Morgan fingerprint density at radius 3 is 2.00 bits per heavy atom. The minimum Gasteiger partial charge on any atom is -0.385 e. The molecule has 0 aromatic heterocycles. The van der Waals surface area contributed by atoms with Crippen molar-refractivity contribution in [1.82, 2.24) is 4.90 Å². The molecule has 0 heterocycles. The average Bonchev–Trinajstić information content (AvgIpc) is 2.24. The summed E-state index contributed by atoms with van der Waals surface area (Å²) in [6.07, 6.45) is 4.76. The second-order valence-corrected chi connectivity index (χ2v) is 8.06. The van der Waals surface area contributed by atoms with Gasteiger partial charge in [0, 0.05) is 32.3 Å². The molecule has 0 unspecified atom stereocenters. The molecule has 0 aliphatic heterocycles. The van der Waals surface area contributed by atoms with Gasteiger partial charge in [0.15, 0.2) is 0 Å². The summed E-state index contributed by atoms with van der Waals surface area (Å²) in [7, 11) is 4.01. The molecule has 0 spiro atoms. The molecule has 0 atom stereocenters. The second kappa shape index (κ2) is 6.11. The van der Waals surface area contributed by atoms with Gasteiger partial charge in [-0.3, -0.25) is 4.90 Å². The van der Waals surface area contributed by atoms with Gasteiger partial charge in [-0.25, -0.2) is 0 Å². The van der Waals surface area contributed by atoms with Crippen molar-refractivity contribution in [1.29, 1.82) is 0 Å². The van der Waals surface area contributed by atoms with Crippen LogP contribution in [0.1, 0.15) is 53.4 Å². The summed E-state index contributed by atoms with van der Waals surface area (Å²) in [5, 5.41) is 0. The maximum atomic E-state index is 6.21. The number of hydrogen-bond donors (Lipinski definition) is 1. The van der Waals surface area contributed by atoms with Crippen molar-refractivity contribution in [2.24, 2.45) is 16.6 Å². The maximum Gasteiger partial charge on any atom is 0.0474 e. The standard InChI is InChI=1S/C16H34N2O/c1-14(2)10-15(3,4)12-16(11-14,13-17)18(5)8-7-9-19-6/h7-13,17H2,1-6H3. The number of likely N-dealkylation sites (N-methyl/N-ethyl adjacent to an activating group) is 1. The minimum atomic E-state index is 0.152. The monoisotopic (exact) mass is 270 g/mol. The zero-order valence-electron chi connectivity index (χ0n) is 13.9. The third-order valence-corrected chi connectivity index (χ3v) is 4.60. The Morgan fingerprint density at radius 2 is 1.58 bits per heavy atom. The molecule has 0 radical (unpaired) electrons. The van der Waals surface area contributed by atoms with Gasteiger partial charge in [-0.05, 0) is 43.6 Å². The van der Waals surface area contributed by atoms with Crippen LogP contribution in [0.15, 0.2) is 0 Å². The number of methoxy groups -OCH3 is 1. The smallest absolute Gasteiger partial charge is 0.0474 e. The Hall–Kier alpha value is -0.120. The first-order chi connectivity index (χ1) is 8.66. The van der Waals surface area contributed by atoms with Crippen LogP contribution in [0.5, 0.6) is 0 Å². The van der Waals surface area contributed by atoms with Gasteiger partial charge in [-0.2, -0.15) is 0 Å². The van der Waals surface area contributed by atoms with Crippen molar-refractivity contribution < 1.29 is 4.74 Å². The molecule has 3 heteroatoms. The first-order valence-electron chi connectivity index (χ1n) is 7.57. The lowest BCUT2D eigenvalue weighted by Gasteiger charge is -2.55. The minimum absolute atomic E-state index is 0.152. The summed E-state index contributed by atoms with van der Waals surface area (Å²) < 4.78 is 5.17. The van der Waals surface area contributed by atoms with Crippen LogP contribution in [-0.4, -0.2) is 44.3 Å². The van der Waals surface area contributed by atoms with E-state index in [9.17, 15) is 0 Å². The van der Waals surface area contributed by atoms with Gasteiger partial charge >= 0.3 is 0 Å². The molecule has 3 nitrogen and oxygen atoms in total. The molecule has 1 saturated carbocycles. The van der Waals surface area contributed by atoms with Crippen LogP contribution in [0, 0.1) is 10.8 Å². The van der Waals surface area contributed by atoms with E-state index in [0.29, 0.717) is 10.8 Å². The molecule has 0 aromatic rings. The normalized spacial score (nSPS) is 24.6. The summed E-state index contributed by atoms with van der Waals surface area (Å²) in [4.78, 5) is 2.49. The summed E-state index contributed by atoms with van der Waals surface area (Å²) >= 11 is 0. The Balaban J connectivity index is 2.82. The highest BCUT2D eigenvalue weighted by Crippen LogP contribution is 2.51. The first kappa shape index (κ1) is 16.9. The van der Waals surface area contributed by atoms with Gasteiger partial charge in [0.25, 0.3) is 0 Å². The fourth-order valence-electron chi connectivity index (χ4n) is 4.52. The summed E-state index contributed by atoms with van der Waals surface area (Å²) in [5.74, 6) is 0. The van der Waals surface area contributed by atoms with Gasteiger partial charge < -0.3 is 10.5 Å². The van der Waals surface area contributed by atoms with Crippen LogP contribution in [0.4, 0.5) is 0 Å². The molecule has 114 valence electrons. The Labute approximate surface area is 119 Å². The number of nitrogens with zero attached hydrogens (tertiary/aromatic N) is 1. The molecule has 1 aliphatic carbocycles. The molecule has 0 bridgehead atoms. The van der Waals surface area contributed by atoms with E-state index >= 15 is 0 Å². The lowest BCUT2D eigenvalue weighted by molar-refractivity contribution is -0.0340.